The number of carbonyl (C=O) groups is 6. The average Bonchev–Trinajstić information content (AvgIpc) is 4.04. The lowest BCUT2D eigenvalue weighted by Gasteiger charge is -2.26. The molecule has 4 aromatic carbocycles. The molecule has 2 fully saturated rings. The molecule has 16 nitrogen and oxygen atoms in total. The van der Waals surface area contributed by atoms with Gasteiger partial charge in [-0.1, -0.05) is 19.2 Å². The Morgan fingerprint density at radius 2 is 1.08 bits per heavy atom. The molecule has 0 bridgehead atoms. The van der Waals surface area contributed by atoms with Crippen molar-refractivity contribution in [1.82, 2.24) is 4.98 Å². The summed E-state index contributed by atoms with van der Waals surface area (Å²) in [4.78, 5) is 81.2. The summed E-state index contributed by atoms with van der Waals surface area (Å²) >= 11 is 1.25. The maximum atomic E-state index is 13.8. The van der Waals surface area contributed by atoms with E-state index in [0.717, 1.165) is 28.7 Å². The molecular weight excluding hydrogens is 947 g/mol. The van der Waals surface area contributed by atoms with E-state index < -0.39 is 53.5 Å². The third-order valence-electron chi connectivity index (χ3n) is 12.5. The van der Waals surface area contributed by atoms with Gasteiger partial charge in [-0.3, -0.25) is 19.2 Å². The van der Waals surface area contributed by atoms with Gasteiger partial charge in [0, 0.05) is 24.0 Å². The highest BCUT2D eigenvalue weighted by Crippen LogP contribution is 2.44. The molecule has 0 unspecified atom stereocenters. The smallest absolute Gasteiger partial charge is 0.333 e. The summed E-state index contributed by atoms with van der Waals surface area (Å²) in [5.41, 5.74) is 3.12. The van der Waals surface area contributed by atoms with Crippen LogP contribution in [0, 0.1) is 37.5 Å². The van der Waals surface area contributed by atoms with Crippen LogP contribution in [0.25, 0.3) is 32.0 Å². The van der Waals surface area contributed by atoms with Gasteiger partial charge in [0.25, 0.3) is 0 Å². The van der Waals surface area contributed by atoms with E-state index in [1.807, 2.05) is 26.0 Å². The number of aromatic nitrogens is 1. The summed E-state index contributed by atoms with van der Waals surface area (Å²) < 4.78 is 51.0. The maximum absolute atomic E-state index is 13.8. The second-order valence-corrected chi connectivity index (χ2v) is 18.6. The number of benzene rings is 4. The first-order valence-corrected chi connectivity index (χ1v) is 24.5. The molecule has 2 aliphatic carbocycles. The van der Waals surface area contributed by atoms with Crippen molar-refractivity contribution >= 4 is 68.3 Å². The molecule has 2 aliphatic rings. The van der Waals surface area contributed by atoms with Gasteiger partial charge in [-0.25, -0.2) is 14.6 Å². The van der Waals surface area contributed by atoms with Crippen LogP contribution in [0.2, 0.25) is 0 Å². The van der Waals surface area contributed by atoms with Crippen molar-refractivity contribution in [3.8, 4) is 45.3 Å². The first kappa shape index (κ1) is 50.6. The molecule has 2 heterocycles. The van der Waals surface area contributed by atoms with E-state index in [1.54, 1.807) is 60.7 Å². The minimum Gasteiger partial charge on any atom is -0.493 e. The zero-order chi connectivity index (χ0) is 50.7. The number of furan rings is 1. The number of fused-ring (bicyclic) bond motifs is 2. The zero-order valence-corrected chi connectivity index (χ0v) is 40.7. The fourth-order valence-electron chi connectivity index (χ4n) is 8.64. The van der Waals surface area contributed by atoms with Crippen molar-refractivity contribution < 1.29 is 71.1 Å². The topological polar surface area (TPSA) is 202 Å². The summed E-state index contributed by atoms with van der Waals surface area (Å²) in [5, 5.41) is 1.43. The fourth-order valence-corrected chi connectivity index (χ4v) is 9.62. The van der Waals surface area contributed by atoms with E-state index in [4.69, 9.17) is 47.3 Å². The number of carbonyl (C=O) groups excluding carboxylic acids is 6. The normalized spacial score (nSPS) is 17.5. The molecule has 0 aliphatic heterocycles. The van der Waals surface area contributed by atoms with E-state index >= 15 is 0 Å². The molecule has 0 amide bonds. The maximum Gasteiger partial charge on any atom is 0.333 e. The highest BCUT2D eigenvalue weighted by molar-refractivity contribution is 7.22. The minimum atomic E-state index is -0.613. The van der Waals surface area contributed by atoms with Gasteiger partial charge in [0.05, 0.1) is 36.9 Å². The average molecular weight is 1000 g/mol. The van der Waals surface area contributed by atoms with Gasteiger partial charge in [0.1, 0.15) is 38.8 Å². The summed E-state index contributed by atoms with van der Waals surface area (Å²) in [6, 6.07) is 22.1. The van der Waals surface area contributed by atoms with Crippen LogP contribution in [0.15, 0.2) is 109 Å². The van der Waals surface area contributed by atoms with E-state index in [9.17, 15) is 28.8 Å². The molecule has 8 rings (SSSR count). The fraction of sp³-hybridized carbons (Fsp3) is 0.327. The second-order valence-electron chi connectivity index (χ2n) is 17.6. The molecule has 0 N–H and O–H groups in total. The molecule has 0 radical (unpaired) electrons. The van der Waals surface area contributed by atoms with Crippen LogP contribution in [0.3, 0.4) is 0 Å². The number of rotatable bonds is 19. The Hall–Kier alpha value is -7.79. The lowest BCUT2D eigenvalue weighted by Crippen LogP contribution is -2.30. The van der Waals surface area contributed by atoms with Gasteiger partial charge in [-0.05, 0) is 149 Å². The van der Waals surface area contributed by atoms with Gasteiger partial charge < -0.3 is 42.3 Å². The summed E-state index contributed by atoms with van der Waals surface area (Å²) in [6.07, 6.45) is 5.96. The first-order valence-electron chi connectivity index (χ1n) is 23.7. The van der Waals surface area contributed by atoms with Crippen molar-refractivity contribution in [3.63, 3.8) is 0 Å². The van der Waals surface area contributed by atoms with Crippen molar-refractivity contribution in [2.24, 2.45) is 23.7 Å². The van der Waals surface area contributed by atoms with Crippen LogP contribution in [-0.4, -0.2) is 60.8 Å². The number of aryl methyl sites for hydroxylation is 2. The molecule has 0 atom stereocenters. The van der Waals surface area contributed by atoms with E-state index in [0.29, 0.717) is 114 Å². The van der Waals surface area contributed by atoms with Gasteiger partial charge in [0.15, 0.2) is 22.3 Å². The predicted octanol–water partition coefficient (Wildman–Crippen LogP) is 10.5. The number of ether oxygens (including phenoxy) is 8. The molecule has 374 valence electrons. The third-order valence-corrected chi connectivity index (χ3v) is 13.6. The highest BCUT2D eigenvalue weighted by atomic mass is 32.1. The quantitative estimate of drug-likeness (QED) is 0.0243. The Morgan fingerprint density at radius 1 is 0.597 bits per heavy atom. The van der Waals surface area contributed by atoms with Crippen molar-refractivity contribution in [2.45, 2.75) is 71.6 Å². The van der Waals surface area contributed by atoms with Gasteiger partial charge in [0.2, 0.25) is 6.79 Å². The summed E-state index contributed by atoms with van der Waals surface area (Å²) in [5.74, 6) is -1.96. The van der Waals surface area contributed by atoms with E-state index in [1.165, 1.54) is 11.3 Å². The first-order chi connectivity index (χ1) is 34.8. The highest BCUT2D eigenvalue weighted by Gasteiger charge is 2.35. The Kier molecular flexibility index (Phi) is 16.5. The SMILES string of the molecule is C=CC(=O)OCCCOc1ccc(OC(=O)[C@H]2CC[C@H](C(=O)Oc3ccc(OC(=O)[C@H]4CC[C@H](C(=O)Oc5ccc(OCOC(=O)C=C)cc5)CC4)c4sc(-c5cc6c(C)cc(C)cc6o5)nc34)CC2)cc1. The Bertz CT molecular complexity index is 2970. The van der Waals surface area contributed by atoms with E-state index in [2.05, 4.69) is 19.2 Å². The van der Waals surface area contributed by atoms with Crippen molar-refractivity contribution in [2.75, 3.05) is 20.0 Å². The monoisotopic (exact) mass is 999 g/mol. The lowest BCUT2D eigenvalue weighted by molar-refractivity contribution is -0.145. The lowest BCUT2D eigenvalue weighted by atomic mass is 9.82. The summed E-state index contributed by atoms with van der Waals surface area (Å²) in [6.45, 7) is 10.9. The largest absolute Gasteiger partial charge is 0.493 e. The van der Waals surface area contributed by atoms with E-state index in [-0.39, 0.29) is 30.9 Å². The summed E-state index contributed by atoms with van der Waals surface area (Å²) in [7, 11) is 0. The third kappa shape index (κ3) is 12.7. The van der Waals surface area contributed by atoms with Crippen LogP contribution in [0.5, 0.6) is 34.5 Å². The number of thiazole rings is 1. The number of esters is 6. The number of hydrogen-bond donors (Lipinski definition) is 0. The van der Waals surface area contributed by atoms with Crippen LogP contribution in [-0.2, 0) is 38.2 Å². The minimum absolute atomic E-state index is 0.195. The van der Waals surface area contributed by atoms with Crippen LogP contribution < -0.4 is 28.4 Å². The van der Waals surface area contributed by atoms with Crippen molar-refractivity contribution in [1.29, 1.82) is 0 Å². The number of nitrogens with zero attached hydrogens (tertiary/aromatic N) is 1. The predicted molar refractivity (Wildman–Crippen MR) is 264 cm³/mol. The second kappa shape index (κ2) is 23.4. The molecule has 72 heavy (non-hydrogen) atoms. The molecule has 17 heteroatoms. The molecule has 2 saturated carbocycles. The Balaban J connectivity index is 0.879. The molecular formula is C55H53NO15S. The number of hydrogen-bond acceptors (Lipinski definition) is 17. The van der Waals surface area contributed by atoms with Gasteiger partial charge in [-0.2, -0.15) is 0 Å². The van der Waals surface area contributed by atoms with Gasteiger partial charge >= 0.3 is 35.8 Å². The van der Waals surface area contributed by atoms with Crippen LogP contribution in [0.1, 0.15) is 68.9 Å². The Morgan fingerprint density at radius 3 is 1.64 bits per heavy atom. The van der Waals surface area contributed by atoms with Crippen molar-refractivity contribution in [3.05, 3.63) is 115 Å². The Labute approximate surface area is 418 Å². The van der Waals surface area contributed by atoms with Crippen LogP contribution in [0.4, 0.5) is 0 Å². The molecule has 0 saturated heterocycles. The standard InChI is InChI=1S/C55H53NO15S/c1-5-47(57)64-27-7-26-63-38-16-20-40(21-17-38)67-52(59)34-8-12-36(13-9-34)54(61)70-43-24-25-44(50-49(43)56-51(72-50)46-30-42-33(4)28-32(3)29-45(42)69-46)71-55(62)37-14-10-35(11-15-37)53(60)68-41-22-18-39(19-23-41)65-31-66-48(58)6-2/h5-6,16-25,28-30,34-37H,1-2,7-15,26-27,31H2,3-4H3/t34-,35-,36-,37-. The molecule has 0 spiro atoms. The van der Waals surface area contributed by atoms with Gasteiger partial charge in [-0.15, -0.1) is 11.3 Å². The zero-order valence-electron chi connectivity index (χ0n) is 39.8. The molecule has 2 aromatic heterocycles. The molecule has 6 aromatic rings. The van der Waals surface area contributed by atoms with Crippen LogP contribution >= 0.6 is 11.3 Å².